The molecule has 84 valence electrons. The number of pyridine rings is 1. The lowest BCUT2D eigenvalue weighted by Crippen LogP contribution is -2.31. The Morgan fingerprint density at radius 2 is 1.82 bits per heavy atom. The zero-order valence-corrected chi connectivity index (χ0v) is 9.24. The van der Waals surface area contributed by atoms with Gasteiger partial charge in [-0.05, 0) is 17.7 Å². The maximum Gasteiger partial charge on any atom is 0.147 e. The second-order valence-electron chi connectivity index (χ2n) is 3.76. The summed E-state index contributed by atoms with van der Waals surface area (Å²) in [7, 11) is 0. The first-order valence-electron chi connectivity index (χ1n) is 5.32. The summed E-state index contributed by atoms with van der Waals surface area (Å²) in [6.07, 6.45) is 1.63. The molecule has 0 saturated carbocycles. The molecule has 1 aromatic carbocycles. The van der Waals surface area contributed by atoms with E-state index in [-0.39, 0.29) is 6.61 Å². The van der Waals surface area contributed by atoms with E-state index in [9.17, 15) is 10.4 Å². The maximum absolute atomic E-state index is 9.62. The number of hydrogen-bond acceptors (Lipinski definition) is 3. The summed E-state index contributed by atoms with van der Waals surface area (Å²) in [5, 5.41) is 19.1. The van der Waals surface area contributed by atoms with Gasteiger partial charge in [-0.1, -0.05) is 36.4 Å². The number of nitriles is 1. The van der Waals surface area contributed by atoms with Gasteiger partial charge in [-0.3, -0.25) is 4.98 Å². The standard InChI is InChI=1S/C14H12N2O/c15-10-14(11-17,12-6-2-1-3-7-12)13-8-4-5-9-16-13/h1-9,17H,11H2. The van der Waals surface area contributed by atoms with E-state index in [1.165, 1.54) is 0 Å². The highest BCUT2D eigenvalue weighted by atomic mass is 16.3. The highest BCUT2D eigenvalue weighted by Crippen LogP contribution is 2.29. The van der Waals surface area contributed by atoms with Crippen LogP contribution < -0.4 is 0 Å². The van der Waals surface area contributed by atoms with E-state index >= 15 is 0 Å². The normalized spacial score (nSPS) is 13.6. The number of aliphatic hydroxyl groups is 1. The number of rotatable bonds is 3. The second-order valence-corrected chi connectivity index (χ2v) is 3.76. The van der Waals surface area contributed by atoms with Crippen LogP contribution in [0, 0.1) is 11.3 Å². The van der Waals surface area contributed by atoms with Crippen LogP contribution in [0.3, 0.4) is 0 Å². The molecule has 3 nitrogen and oxygen atoms in total. The van der Waals surface area contributed by atoms with Crippen molar-refractivity contribution < 1.29 is 5.11 Å². The van der Waals surface area contributed by atoms with E-state index < -0.39 is 5.41 Å². The summed E-state index contributed by atoms with van der Waals surface area (Å²) < 4.78 is 0. The fourth-order valence-electron chi connectivity index (χ4n) is 1.82. The Morgan fingerprint density at radius 3 is 2.35 bits per heavy atom. The van der Waals surface area contributed by atoms with Crippen LogP contribution in [0.2, 0.25) is 0 Å². The molecule has 0 amide bonds. The van der Waals surface area contributed by atoms with Crippen LogP contribution in [0.15, 0.2) is 54.7 Å². The predicted molar refractivity (Wildman–Crippen MR) is 64.2 cm³/mol. The predicted octanol–water partition coefficient (Wildman–Crippen LogP) is 1.88. The SMILES string of the molecule is N#CC(CO)(c1ccccc1)c1ccccn1. The molecule has 0 bridgehead atoms. The molecule has 1 aromatic heterocycles. The van der Waals surface area contributed by atoms with Crippen molar-refractivity contribution in [2.75, 3.05) is 6.61 Å². The van der Waals surface area contributed by atoms with Gasteiger partial charge in [-0.2, -0.15) is 5.26 Å². The van der Waals surface area contributed by atoms with Crippen molar-refractivity contribution in [2.45, 2.75) is 5.41 Å². The molecule has 2 aromatic rings. The van der Waals surface area contributed by atoms with Crippen LogP contribution in [0.1, 0.15) is 11.3 Å². The molecule has 1 unspecified atom stereocenters. The van der Waals surface area contributed by atoms with Crippen LogP contribution in [0.25, 0.3) is 0 Å². The van der Waals surface area contributed by atoms with Crippen molar-refractivity contribution in [3.63, 3.8) is 0 Å². The fraction of sp³-hybridized carbons (Fsp3) is 0.143. The van der Waals surface area contributed by atoms with Crippen LogP contribution in [-0.2, 0) is 5.41 Å². The third-order valence-corrected chi connectivity index (χ3v) is 2.80. The average molecular weight is 224 g/mol. The summed E-state index contributed by atoms with van der Waals surface area (Å²) in [6.45, 7) is -0.287. The summed E-state index contributed by atoms with van der Waals surface area (Å²) >= 11 is 0. The minimum Gasteiger partial charge on any atom is -0.394 e. The molecule has 0 saturated heterocycles. The Bertz CT molecular complexity index is 477. The van der Waals surface area contributed by atoms with Crippen molar-refractivity contribution >= 4 is 0 Å². The minimum absolute atomic E-state index is 0.287. The summed E-state index contributed by atoms with van der Waals surface area (Å²) in [5.41, 5.74) is 0.239. The number of hydrogen-bond donors (Lipinski definition) is 1. The Hall–Kier alpha value is -2.18. The Balaban J connectivity index is 2.60. The van der Waals surface area contributed by atoms with E-state index in [4.69, 9.17) is 0 Å². The van der Waals surface area contributed by atoms with Crippen LogP contribution in [0.4, 0.5) is 0 Å². The van der Waals surface area contributed by atoms with Gasteiger partial charge in [0, 0.05) is 6.20 Å². The molecule has 3 heteroatoms. The van der Waals surface area contributed by atoms with Crippen molar-refractivity contribution in [3.8, 4) is 6.07 Å². The van der Waals surface area contributed by atoms with Gasteiger partial charge < -0.3 is 5.11 Å². The molecular weight excluding hydrogens is 212 g/mol. The molecule has 0 spiro atoms. The first kappa shape index (κ1) is 11.3. The summed E-state index contributed by atoms with van der Waals surface area (Å²) in [5.74, 6) is 0. The first-order valence-corrected chi connectivity index (χ1v) is 5.32. The molecule has 2 rings (SSSR count). The lowest BCUT2D eigenvalue weighted by molar-refractivity contribution is 0.248. The van der Waals surface area contributed by atoms with Crippen LogP contribution >= 0.6 is 0 Å². The third kappa shape index (κ3) is 1.91. The Labute approximate surface area is 100.0 Å². The van der Waals surface area contributed by atoms with Gasteiger partial charge in [0.2, 0.25) is 0 Å². The summed E-state index contributed by atoms with van der Waals surface area (Å²) in [4.78, 5) is 4.19. The number of aromatic nitrogens is 1. The molecule has 17 heavy (non-hydrogen) atoms. The summed E-state index contributed by atoms with van der Waals surface area (Å²) in [6, 6.07) is 16.8. The van der Waals surface area contributed by atoms with E-state index in [1.807, 2.05) is 36.4 Å². The van der Waals surface area contributed by atoms with Crippen LogP contribution in [0.5, 0.6) is 0 Å². The number of aliphatic hydroxyl groups excluding tert-OH is 1. The van der Waals surface area contributed by atoms with Crippen molar-refractivity contribution in [1.29, 1.82) is 5.26 Å². The second kappa shape index (κ2) is 4.77. The molecule has 0 aliphatic rings. The van der Waals surface area contributed by atoms with Gasteiger partial charge in [0.25, 0.3) is 0 Å². The highest BCUT2D eigenvalue weighted by molar-refractivity contribution is 5.42. The monoisotopic (exact) mass is 224 g/mol. The lowest BCUT2D eigenvalue weighted by Gasteiger charge is -2.23. The van der Waals surface area contributed by atoms with Crippen molar-refractivity contribution in [1.82, 2.24) is 4.98 Å². The first-order chi connectivity index (χ1) is 8.33. The molecular formula is C14H12N2O. The van der Waals surface area contributed by atoms with E-state index in [1.54, 1.807) is 18.3 Å². The quantitative estimate of drug-likeness (QED) is 0.866. The zero-order chi connectivity index (χ0) is 12.1. The highest BCUT2D eigenvalue weighted by Gasteiger charge is 2.35. The minimum atomic E-state index is -1.08. The van der Waals surface area contributed by atoms with Crippen LogP contribution in [-0.4, -0.2) is 16.7 Å². The van der Waals surface area contributed by atoms with Crippen molar-refractivity contribution in [2.24, 2.45) is 0 Å². The third-order valence-electron chi connectivity index (χ3n) is 2.80. The van der Waals surface area contributed by atoms with E-state index in [0.717, 1.165) is 5.56 Å². The van der Waals surface area contributed by atoms with Crippen molar-refractivity contribution in [3.05, 3.63) is 66.0 Å². The average Bonchev–Trinajstić information content (AvgIpc) is 2.43. The fourth-order valence-corrected chi connectivity index (χ4v) is 1.82. The Kier molecular flexibility index (Phi) is 3.17. The largest absolute Gasteiger partial charge is 0.394 e. The lowest BCUT2D eigenvalue weighted by atomic mass is 9.79. The van der Waals surface area contributed by atoms with Gasteiger partial charge in [-0.15, -0.1) is 0 Å². The molecule has 1 N–H and O–H groups in total. The van der Waals surface area contributed by atoms with Gasteiger partial charge in [0.05, 0.1) is 18.4 Å². The van der Waals surface area contributed by atoms with Gasteiger partial charge >= 0.3 is 0 Å². The molecule has 1 atom stereocenters. The molecule has 0 radical (unpaired) electrons. The topological polar surface area (TPSA) is 56.9 Å². The molecule has 0 aliphatic heterocycles. The zero-order valence-electron chi connectivity index (χ0n) is 9.24. The van der Waals surface area contributed by atoms with E-state index in [0.29, 0.717) is 5.69 Å². The smallest absolute Gasteiger partial charge is 0.147 e. The van der Waals surface area contributed by atoms with Gasteiger partial charge in [0.1, 0.15) is 5.41 Å². The Morgan fingerprint density at radius 1 is 1.12 bits per heavy atom. The number of nitrogens with zero attached hydrogens (tertiary/aromatic N) is 2. The number of benzene rings is 1. The van der Waals surface area contributed by atoms with E-state index in [2.05, 4.69) is 11.1 Å². The molecule has 0 aliphatic carbocycles. The van der Waals surface area contributed by atoms with Gasteiger partial charge in [0.15, 0.2) is 0 Å². The molecule has 1 heterocycles. The maximum atomic E-state index is 9.62. The van der Waals surface area contributed by atoms with Gasteiger partial charge in [-0.25, -0.2) is 0 Å². The molecule has 0 fully saturated rings.